The summed E-state index contributed by atoms with van der Waals surface area (Å²) in [5.74, 6) is 0.966. The summed E-state index contributed by atoms with van der Waals surface area (Å²) in [6.07, 6.45) is 2.22. The van der Waals surface area contributed by atoms with Crippen LogP contribution in [0.25, 0.3) is 0 Å². The van der Waals surface area contributed by atoms with Gasteiger partial charge in [0.1, 0.15) is 12.1 Å². The number of hydrogen-bond donors (Lipinski definition) is 1. The van der Waals surface area contributed by atoms with E-state index in [1.54, 1.807) is 12.4 Å². The highest BCUT2D eigenvalue weighted by Crippen LogP contribution is 2.38. The third-order valence-electron chi connectivity index (χ3n) is 7.05. The van der Waals surface area contributed by atoms with Crippen LogP contribution in [0.1, 0.15) is 55.0 Å². The summed E-state index contributed by atoms with van der Waals surface area (Å²) >= 11 is 0. The number of aromatic nitrogens is 2. The normalized spacial score (nSPS) is 23.7. The average Bonchev–Trinajstić information content (AvgIpc) is 3.61. The lowest BCUT2D eigenvalue weighted by Crippen LogP contribution is -2.54. The second kappa shape index (κ2) is 9.73. The number of amides is 1. The fourth-order valence-electron chi connectivity index (χ4n) is 5.03. The first kappa shape index (κ1) is 24.0. The van der Waals surface area contributed by atoms with Crippen LogP contribution in [0.4, 0.5) is 13.2 Å². The number of piperazine rings is 1. The van der Waals surface area contributed by atoms with Gasteiger partial charge >= 0.3 is 6.18 Å². The van der Waals surface area contributed by atoms with Gasteiger partial charge in [0.25, 0.3) is 0 Å². The molecule has 188 valence electrons. The van der Waals surface area contributed by atoms with Gasteiger partial charge in [0.05, 0.1) is 23.7 Å². The molecule has 1 amide bonds. The van der Waals surface area contributed by atoms with Crippen molar-refractivity contribution in [2.45, 2.75) is 56.5 Å². The molecule has 3 atom stereocenters. The minimum absolute atomic E-state index is 0.0180. The molecule has 1 unspecified atom stereocenters. The fourth-order valence-corrected chi connectivity index (χ4v) is 5.03. The van der Waals surface area contributed by atoms with Gasteiger partial charge in [0, 0.05) is 44.6 Å². The lowest BCUT2D eigenvalue weighted by Gasteiger charge is -2.38. The predicted molar refractivity (Wildman–Crippen MR) is 123 cm³/mol. The molecule has 3 heterocycles. The quantitative estimate of drug-likeness (QED) is 0.643. The van der Waals surface area contributed by atoms with Gasteiger partial charge in [-0.1, -0.05) is 19.1 Å². The van der Waals surface area contributed by atoms with Crippen molar-refractivity contribution in [3.63, 3.8) is 0 Å². The van der Waals surface area contributed by atoms with Gasteiger partial charge in [-0.25, -0.2) is 4.98 Å². The minimum atomic E-state index is -4.40. The molecule has 1 N–H and O–H groups in total. The number of fused-ring (bicyclic) bond motifs is 1. The number of benzene rings is 1. The van der Waals surface area contributed by atoms with Gasteiger partial charge in [-0.15, -0.1) is 0 Å². The maximum atomic E-state index is 13.4. The van der Waals surface area contributed by atoms with Crippen LogP contribution in [0, 0.1) is 0 Å². The zero-order valence-electron chi connectivity index (χ0n) is 19.7. The SMILES string of the molecule is CCNC(C(=O)N1CCN2C[C@H](Oc3cnc(C4CC4)cn3)C[C@H]2C1)c1ccc(C(F)(F)F)cc1. The summed E-state index contributed by atoms with van der Waals surface area (Å²) in [6.45, 7) is 5.04. The highest BCUT2D eigenvalue weighted by molar-refractivity contribution is 5.83. The lowest BCUT2D eigenvalue weighted by atomic mass is 10.0. The Morgan fingerprint density at radius 1 is 1.14 bits per heavy atom. The molecular weight excluding hydrogens is 459 g/mol. The molecule has 1 saturated carbocycles. The van der Waals surface area contributed by atoms with Crippen molar-refractivity contribution in [3.8, 4) is 5.88 Å². The Bertz CT molecular complexity index is 1030. The summed E-state index contributed by atoms with van der Waals surface area (Å²) < 4.78 is 44.9. The van der Waals surface area contributed by atoms with Gasteiger partial charge in [-0.2, -0.15) is 13.2 Å². The molecule has 2 saturated heterocycles. The number of nitrogens with one attached hydrogen (secondary N) is 1. The monoisotopic (exact) mass is 489 g/mol. The highest BCUT2D eigenvalue weighted by Gasteiger charge is 2.40. The molecule has 2 aliphatic heterocycles. The van der Waals surface area contributed by atoms with Crippen molar-refractivity contribution < 1.29 is 22.7 Å². The molecule has 35 heavy (non-hydrogen) atoms. The number of nitrogens with zero attached hydrogens (tertiary/aromatic N) is 4. The second-order valence-corrected chi connectivity index (χ2v) is 9.57. The Morgan fingerprint density at radius 3 is 2.54 bits per heavy atom. The first-order valence-corrected chi connectivity index (χ1v) is 12.2. The molecule has 1 aromatic heterocycles. The third-order valence-corrected chi connectivity index (χ3v) is 7.05. The van der Waals surface area contributed by atoms with Crippen LogP contribution in [-0.2, 0) is 11.0 Å². The van der Waals surface area contributed by atoms with Crippen LogP contribution in [0.5, 0.6) is 5.88 Å². The molecule has 1 aliphatic carbocycles. The number of hydrogen-bond acceptors (Lipinski definition) is 6. The van der Waals surface area contributed by atoms with Crippen LogP contribution >= 0.6 is 0 Å². The molecule has 2 aromatic rings. The average molecular weight is 490 g/mol. The molecule has 0 spiro atoms. The van der Waals surface area contributed by atoms with Gasteiger partial charge in [0.2, 0.25) is 11.8 Å². The van der Waals surface area contributed by atoms with Crippen LogP contribution in [0.15, 0.2) is 36.7 Å². The van der Waals surface area contributed by atoms with Crippen molar-refractivity contribution in [1.29, 1.82) is 0 Å². The van der Waals surface area contributed by atoms with Crippen LogP contribution in [-0.4, -0.2) is 70.5 Å². The first-order valence-electron chi connectivity index (χ1n) is 12.2. The molecule has 3 aliphatic rings. The van der Waals surface area contributed by atoms with E-state index in [4.69, 9.17) is 4.74 Å². The van der Waals surface area contributed by atoms with E-state index in [0.717, 1.165) is 37.3 Å². The highest BCUT2D eigenvalue weighted by atomic mass is 19.4. The number of ether oxygens (including phenoxy) is 1. The van der Waals surface area contributed by atoms with Gasteiger partial charge in [0.15, 0.2) is 0 Å². The van der Waals surface area contributed by atoms with Gasteiger partial charge in [-0.05, 0) is 37.1 Å². The van der Waals surface area contributed by atoms with Crippen molar-refractivity contribution in [3.05, 3.63) is 53.5 Å². The summed E-state index contributed by atoms with van der Waals surface area (Å²) in [5, 5.41) is 3.15. The summed E-state index contributed by atoms with van der Waals surface area (Å²) in [7, 11) is 0. The maximum Gasteiger partial charge on any atom is 0.416 e. The topological polar surface area (TPSA) is 70.6 Å². The zero-order chi connectivity index (χ0) is 24.6. The fraction of sp³-hybridized carbons (Fsp3) is 0.560. The largest absolute Gasteiger partial charge is 0.472 e. The summed E-state index contributed by atoms with van der Waals surface area (Å²) in [4.78, 5) is 26.4. The summed E-state index contributed by atoms with van der Waals surface area (Å²) in [6, 6.07) is 4.33. The number of rotatable bonds is 7. The maximum absolute atomic E-state index is 13.4. The van der Waals surface area contributed by atoms with Crippen molar-refractivity contribution in [1.82, 2.24) is 25.1 Å². The van der Waals surface area contributed by atoms with E-state index in [1.807, 2.05) is 11.8 Å². The lowest BCUT2D eigenvalue weighted by molar-refractivity contribution is -0.137. The van der Waals surface area contributed by atoms with E-state index >= 15 is 0 Å². The summed E-state index contributed by atoms with van der Waals surface area (Å²) in [5.41, 5.74) is 0.841. The van der Waals surface area contributed by atoms with E-state index in [-0.39, 0.29) is 18.1 Å². The molecule has 0 radical (unpaired) electrons. The van der Waals surface area contributed by atoms with Crippen LogP contribution in [0.3, 0.4) is 0 Å². The van der Waals surface area contributed by atoms with Crippen molar-refractivity contribution in [2.75, 3.05) is 32.7 Å². The Kier molecular flexibility index (Phi) is 6.67. The Labute approximate surface area is 202 Å². The Hall–Kier alpha value is -2.72. The van der Waals surface area contributed by atoms with Crippen LogP contribution < -0.4 is 10.1 Å². The van der Waals surface area contributed by atoms with Gasteiger partial charge in [-0.3, -0.25) is 14.7 Å². The molecule has 0 bridgehead atoms. The van der Waals surface area contributed by atoms with Crippen molar-refractivity contribution in [2.24, 2.45) is 0 Å². The number of carbonyl (C=O) groups is 1. The molecule has 1 aromatic carbocycles. The third kappa shape index (κ3) is 5.43. The Morgan fingerprint density at radius 2 is 1.91 bits per heavy atom. The minimum Gasteiger partial charge on any atom is -0.472 e. The number of carbonyl (C=O) groups excluding carboxylic acids is 1. The predicted octanol–water partition coefficient (Wildman–Crippen LogP) is 3.39. The standard InChI is InChI=1S/C25H30F3N5O2/c1-2-29-23(17-5-7-18(8-6-17)25(26,27)28)24(34)33-10-9-32-15-20(11-19(32)14-33)35-22-13-30-21(12-31-22)16-3-4-16/h5-8,12-13,16,19-20,23,29H,2-4,9-11,14-15H2,1H3/t19-,20+,23?/m0/s1. The number of likely N-dealkylation sites (N-methyl/N-ethyl adjacent to an activating group) is 1. The van der Waals surface area contributed by atoms with E-state index in [9.17, 15) is 18.0 Å². The molecule has 3 fully saturated rings. The number of halogens is 3. The zero-order valence-corrected chi connectivity index (χ0v) is 19.7. The number of alkyl halides is 3. The van der Waals surface area contributed by atoms with E-state index < -0.39 is 17.8 Å². The molecular formula is C25H30F3N5O2. The Balaban J connectivity index is 1.20. The first-order chi connectivity index (χ1) is 16.8. The van der Waals surface area contributed by atoms with E-state index in [1.165, 1.54) is 25.0 Å². The molecule has 7 nitrogen and oxygen atoms in total. The van der Waals surface area contributed by atoms with E-state index in [2.05, 4.69) is 20.2 Å². The van der Waals surface area contributed by atoms with Crippen LogP contribution in [0.2, 0.25) is 0 Å². The van der Waals surface area contributed by atoms with E-state index in [0.29, 0.717) is 37.0 Å². The second-order valence-electron chi connectivity index (χ2n) is 9.57. The van der Waals surface area contributed by atoms with Gasteiger partial charge < -0.3 is 15.0 Å². The molecule has 10 heteroatoms. The molecule has 5 rings (SSSR count). The van der Waals surface area contributed by atoms with Crippen molar-refractivity contribution >= 4 is 5.91 Å². The smallest absolute Gasteiger partial charge is 0.416 e.